The topological polar surface area (TPSA) is 0 Å². The third-order valence-corrected chi connectivity index (χ3v) is 7.49. The highest BCUT2D eigenvalue weighted by Crippen LogP contribution is 2.63. The molecule has 0 heterocycles. The molecule has 29 heavy (non-hydrogen) atoms. The van der Waals surface area contributed by atoms with E-state index in [9.17, 15) is 0 Å². The Labute approximate surface area is 172 Å². The molecule has 0 N–H and O–H groups in total. The van der Waals surface area contributed by atoms with Gasteiger partial charge in [-0.3, -0.25) is 0 Å². The molecule has 0 spiro atoms. The van der Waals surface area contributed by atoms with Gasteiger partial charge in [-0.25, -0.2) is 0 Å². The predicted molar refractivity (Wildman–Crippen MR) is 118 cm³/mol. The third kappa shape index (κ3) is 1.98. The van der Waals surface area contributed by atoms with Crippen LogP contribution < -0.4 is 0 Å². The van der Waals surface area contributed by atoms with Crippen LogP contribution in [-0.2, 0) is 0 Å². The first-order chi connectivity index (χ1) is 14.1. The molecule has 0 aromatic heterocycles. The maximum atomic E-state index is 5.37. The minimum Gasteiger partial charge on any atom is -0.106 e. The van der Waals surface area contributed by atoms with Gasteiger partial charge in [0.25, 0.3) is 0 Å². The van der Waals surface area contributed by atoms with Gasteiger partial charge in [-0.05, 0) is 88.3 Å². The van der Waals surface area contributed by atoms with Crippen molar-refractivity contribution in [2.75, 3.05) is 0 Å². The molecule has 0 radical (unpaired) electrons. The maximum Gasteiger partial charge on any atom is 0.0415 e. The summed E-state index contributed by atoms with van der Waals surface area (Å²) in [6.07, 6.45) is 7.70. The monoisotopic (exact) mass is 368 g/mol. The lowest BCUT2D eigenvalue weighted by Gasteiger charge is -2.26. The van der Waals surface area contributed by atoms with Crippen LogP contribution in [-0.4, -0.2) is 0 Å². The molecule has 4 bridgehead atoms. The van der Waals surface area contributed by atoms with Crippen molar-refractivity contribution in [2.45, 2.75) is 43.4 Å². The summed E-state index contributed by atoms with van der Waals surface area (Å²) in [6, 6.07) is 9.50. The van der Waals surface area contributed by atoms with E-state index in [4.69, 9.17) is 6.42 Å². The van der Waals surface area contributed by atoms with E-state index in [1.165, 1.54) is 50.9 Å². The van der Waals surface area contributed by atoms with Crippen molar-refractivity contribution in [3.8, 4) is 36.0 Å². The molecule has 0 heteroatoms. The quantitative estimate of drug-likeness (QED) is 0.522. The number of benzene rings is 2. The standard InChI is InChI=1S/C29H20/c1-5-7-9-19-11-23-22(10-18(19)8-6-2)26-15-27(23)29-14-25-21-12-20(16(3)17(21)4)24(25)13-28(26)29/h1,10-11,13-14,20-21,26-27H,3-4,12,15H2,2H3/t20-,21?,26+,27?/m1/s1. The zero-order chi connectivity index (χ0) is 19.9. The van der Waals surface area contributed by atoms with Crippen LogP contribution in [0.4, 0.5) is 0 Å². The number of hydrogen-bond donors (Lipinski definition) is 0. The molecule has 0 aliphatic heterocycles. The number of allylic oxidation sites excluding steroid dienone is 2. The maximum absolute atomic E-state index is 5.37. The van der Waals surface area contributed by atoms with E-state index in [1.54, 1.807) is 0 Å². The molecule has 2 aromatic rings. The lowest BCUT2D eigenvalue weighted by Crippen LogP contribution is -2.09. The molecule has 6 rings (SSSR count). The van der Waals surface area contributed by atoms with Gasteiger partial charge in [0.2, 0.25) is 0 Å². The van der Waals surface area contributed by atoms with E-state index in [-0.39, 0.29) is 0 Å². The van der Waals surface area contributed by atoms with Gasteiger partial charge in [-0.2, -0.15) is 0 Å². The van der Waals surface area contributed by atoms with Crippen molar-refractivity contribution >= 4 is 0 Å². The van der Waals surface area contributed by atoms with E-state index in [0.29, 0.717) is 23.7 Å². The molecule has 2 aromatic carbocycles. The summed E-state index contributed by atoms with van der Waals surface area (Å²) in [7, 11) is 0. The van der Waals surface area contributed by atoms with Gasteiger partial charge in [-0.1, -0.05) is 37.1 Å². The minimum absolute atomic E-state index is 0.459. The highest BCUT2D eigenvalue weighted by atomic mass is 14.5. The summed E-state index contributed by atoms with van der Waals surface area (Å²) < 4.78 is 0. The van der Waals surface area contributed by atoms with E-state index in [2.05, 4.69) is 67.0 Å². The second-order valence-corrected chi connectivity index (χ2v) is 8.64. The van der Waals surface area contributed by atoms with Crippen molar-refractivity contribution in [3.05, 3.63) is 93.1 Å². The first-order valence-corrected chi connectivity index (χ1v) is 10.2. The van der Waals surface area contributed by atoms with Gasteiger partial charge in [0.05, 0.1) is 0 Å². The fraction of sp³-hybridized carbons (Fsp3) is 0.241. The van der Waals surface area contributed by atoms with Gasteiger partial charge in [0.1, 0.15) is 0 Å². The molecular formula is C29H20. The Kier molecular flexibility index (Phi) is 3.18. The van der Waals surface area contributed by atoms with Crippen LogP contribution in [0.3, 0.4) is 0 Å². The SMILES string of the molecule is C#CC#Cc1cc2c(cc1C#CC)[C@@H]1CC2c2cc3c(cc21)[C@@H]1CC3C(=C)C1=C. The number of hydrogen-bond acceptors (Lipinski definition) is 0. The molecule has 2 unspecified atom stereocenters. The van der Waals surface area contributed by atoms with E-state index >= 15 is 0 Å². The Morgan fingerprint density at radius 1 is 0.724 bits per heavy atom. The second-order valence-electron chi connectivity index (χ2n) is 8.64. The van der Waals surface area contributed by atoms with Crippen LogP contribution in [0.1, 0.15) is 87.9 Å². The fourth-order valence-electron chi connectivity index (χ4n) is 6.23. The fourth-order valence-corrected chi connectivity index (χ4v) is 6.23. The van der Waals surface area contributed by atoms with E-state index in [1.807, 2.05) is 6.92 Å². The predicted octanol–water partition coefficient (Wildman–Crippen LogP) is 5.72. The second kappa shape index (κ2) is 5.57. The first kappa shape index (κ1) is 16.5. The van der Waals surface area contributed by atoms with E-state index in [0.717, 1.165) is 17.5 Å². The van der Waals surface area contributed by atoms with Crippen LogP contribution in [0.15, 0.2) is 48.6 Å². The molecule has 1 fully saturated rings. The van der Waals surface area contributed by atoms with Crippen LogP contribution in [0.25, 0.3) is 0 Å². The van der Waals surface area contributed by atoms with Crippen LogP contribution in [0, 0.1) is 36.0 Å². The first-order valence-electron chi connectivity index (χ1n) is 10.2. The van der Waals surface area contributed by atoms with Crippen molar-refractivity contribution in [1.29, 1.82) is 0 Å². The van der Waals surface area contributed by atoms with Gasteiger partial charge < -0.3 is 0 Å². The molecule has 0 nitrogen and oxygen atoms in total. The Hall–Kier alpha value is -3.40. The lowest BCUT2D eigenvalue weighted by molar-refractivity contribution is 0.788. The average molecular weight is 368 g/mol. The van der Waals surface area contributed by atoms with Crippen molar-refractivity contribution < 1.29 is 0 Å². The summed E-state index contributed by atoms with van der Waals surface area (Å²) >= 11 is 0. The Morgan fingerprint density at radius 3 is 1.69 bits per heavy atom. The largest absolute Gasteiger partial charge is 0.106 e. The molecular weight excluding hydrogens is 348 g/mol. The zero-order valence-corrected chi connectivity index (χ0v) is 16.5. The average Bonchev–Trinajstić information content (AvgIpc) is 3.45. The molecule has 1 saturated carbocycles. The number of fused-ring (bicyclic) bond motifs is 13. The minimum atomic E-state index is 0.459. The normalized spacial score (nSPS) is 26.1. The van der Waals surface area contributed by atoms with Gasteiger partial charge >= 0.3 is 0 Å². The number of terminal acetylenes is 1. The van der Waals surface area contributed by atoms with Crippen molar-refractivity contribution in [3.63, 3.8) is 0 Å². The van der Waals surface area contributed by atoms with Crippen LogP contribution >= 0.6 is 0 Å². The summed E-state index contributed by atoms with van der Waals surface area (Å²) in [5, 5.41) is 0. The van der Waals surface area contributed by atoms with Gasteiger partial charge in [0.15, 0.2) is 0 Å². The third-order valence-electron chi connectivity index (χ3n) is 7.49. The zero-order valence-electron chi connectivity index (χ0n) is 16.5. The Balaban J connectivity index is 1.52. The Bertz CT molecular complexity index is 1330. The highest BCUT2D eigenvalue weighted by Gasteiger charge is 2.47. The van der Waals surface area contributed by atoms with Crippen LogP contribution in [0.2, 0.25) is 0 Å². The van der Waals surface area contributed by atoms with Crippen molar-refractivity contribution in [2.24, 2.45) is 0 Å². The molecule has 0 saturated heterocycles. The van der Waals surface area contributed by atoms with E-state index < -0.39 is 0 Å². The molecule has 4 aliphatic carbocycles. The van der Waals surface area contributed by atoms with Crippen molar-refractivity contribution in [1.82, 2.24) is 0 Å². The lowest BCUT2D eigenvalue weighted by atomic mass is 9.78. The van der Waals surface area contributed by atoms with Gasteiger partial charge in [0, 0.05) is 34.8 Å². The molecule has 136 valence electrons. The summed E-state index contributed by atoms with van der Waals surface area (Å²) in [5.74, 6) is 16.5. The summed E-state index contributed by atoms with van der Waals surface area (Å²) in [5.41, 5.74) is 13.3. The molecule has 0 amide bonds. The molecule has 4 atom stereocenters. The smallest absolute Gasteiger partial charge is 0.0415 e. The summed E-state index contributed by atoms with van der Waals surface area (Å²) in [4.78, 5) is 0. The Morgan fingerprint density at radius 2 is 1.17 bits per heavy atom. The highest BCUT2D eigenvalue weighted by molar-refractivity contribution is 5.69. The van der Waals surface area contributed by atoms with Gasteiger partial charge in [-0.15, -0.1) is 12.3 Å². The van der Waals surface area contributed by atoms with Crippen LogP contribution in [0.5, 0.6) is 0 Å². The summed E-state index contributed by atoms with van der Waals surface area (Å²) in [6.45, 7) is 10.5. The number of rotatable bonds is 0. The molecule has 4 aliphatic rings.